The Morgan fingerprint density at radius 2 is 1.50 bits per heavy atom. The predicted octanol–water partition coefficient (Wildman–Crippen LogP) is 6.09. The Morgan fingerprint density at radius 3 is 2.07 bits per heavy atom. The van der Waals surface area contributed by atoms with E-state index in [1.165, 1.54) is 0 Å². The zero-order chi connectivity index (χ0) is 22.0. The van der Waals surface area contributed by atoms with Gasteiger partial charge in [0.15, 0.2) is 0 Å². The standard InChI is InChI=1S/C26H44N2O2/c1-4-5-19-26(30)28(23(2)3)22-17-15-13-11-9-7-6-8-10-12-14-16-18-25(29)27-24-20-21-24/h6-7,10-13,23-24H,4-5,8-9,14-22H2,1-3H3,(H,27,29)/b7-6-,12-10-,13-11-. The van der Waals surface area contributed by atoms with Gasteiger partial charge in [0, 0.05) is 31.5 Å². The number of carbonyl (C=O) groups excluding carboxylic acids is 2. The van der Waals surface area contributed by atoms with Crippen LogP contribution in [0, 0.1) is 0 Å². The summed E-state index contributed by atoms with van der Waals surface area (Å²) in [6.45, 7) is 7.18. The lowest BCUT2D eigenvalue weighted by atomic mass is 10.2. The lowest BCUT2D eigenvalue weighted by Gasteiger charge is -2.26. The van der Waals surface area contributed by atoms with E-state index in [0.717, 1.165) is 70.8 Å². The minimum atomic E-state index is 0.206. The molecule has 0 radical (unpaired) electrons. The van der Waals surface area contributed by atoms with Crippen LogP contribution >= 0.6 is 0 Å². The molecule has 1 fully saturated rings. The lowest BCUT2D eigenvalue weighted by Crippen LogP contribution is -2.37. The van der Waals surface area contributed by atoms with Gasteiger partial charge in [-0.15, -0.1) is 0 Å². The molecule has 0 heterocycles. The van der Waals surface area contributed by atoms with Gasteiger partial charge >= 0.3 is 0 Å². The van der Waals surface area contributed by atoms with Crippen LogP contribution in [0.25, 0.3) is 0 Å². The van der Waals surface area contributed by atoms with Gasteiger partial charge in [-0.25, -0.2) is 0 Å². The van der Waals surface area contributed by atoms with E-state index in [2.05, 4.69) is 62.5 Å². The van der Waals surface area contributed by atoms with Crippen LogP contribution in [0.2, 0.25) is 0 Å². The number of unbranched alkanes of at least 4 members (excludes halogenated alkanes) is 3. The van der Waals surface area contributed by atoms with Crippen LogP contribution < -0.4 is 5.32 Å². The van der Waals surface area contributed by atoms with E-state index in [-0.39, 0.29) is 11.9 Å². The number of hydrogen-bond donors (Lipinski definition) is 1. The zero-order valence-electron chi connectivity index (χ0n) is 19.6. The van der Waals surface area contributed by atoms with Gasteiger partial charge in [-0.1, -0.05) is 49.8 Å². The molecule has 0 unspecified atom stereocenters. The van der Waals surface area contributed by atoms with E-state index in [1.54, 1.807) is 0 Å². The molecule has 0 aromatic carbocycles. The van der Waals surface area contributed by atoms with Crippen molar-refractivity contribution in [3.8, 4) is 0 Å². The van der Waals surface area contributed by atoms with Gasteiger partial charge in [0.05, 0.1) is 0 Å². The third-order valence-corrected chi connectivity index (χ3v) is 5.22. The summed E-state index contributed by atoms with van der Waals surface area (Å²) in [6, 6.07) is 0.760. The average molecular weight is 417 g/mol. The van der Waals surface area contributed by atoms with Crippen LogP contribution in [0.4, 0.5) is 0 Å². The molecular weight excluding hydrogens is 372 g/mol. The third-order valence-electron chi connectivity index (χ3n) is 5.22. The van der Waals surface area contributed by atoms with Crippen molar-refractivity contribution >= 4 is 11.8 Å². The molecule has 1 rings (SSSR count). The van der Waals surface area contributed by atoms with E-state index in [9.17, 15) is 9.59 Å². The molecule has 0 saturated heterocycles. The molecule has 1 aliphatic carbocycles. The first-order chi connectivity index (χ1) is 14.5. The first-order valence-electron chi connectivity index (χ1n) is 12.1. The number of nitrogens with zero attached hydrogens (tertiary/aromatic N) is 1. The number of rotatable bonds is 17. The van der Waals surface area contributed by atoms with Gasteiger partial charge in [0.2, 0.25) is 11.8 Å². The Kier molecular flexibility index (Phi) is 14.8. The van der Waals surface area contributed by atoms with Gasteiger partial charge in [0.25, 0.3) is 0 Å². The summed E-state index contributed by atoms with van der Waals surface area (Å²) in [5, 5.41) is 3.02. The van der Waals surface area contributed by atoms with Crippen molar-refractivity contribution in [3.05, 3.63) is 36.5 Å². The van der Waals surface area contributed by atoms with Gasteiger partial charge in [0.1, 0.15) is 0 Å². The smallest absolute Gasteiger partial charge is 0.222 e. The summed E-state index contributed by atoms with van der Waals surface area (Å²) < 4.78 is 0. The quantitative estimate of drug-likeness (QED) is 0.230. The summed E-state index contributed by atoms with van der Waals surface area (Å²) in [5.41, 5.74) is 0. The van der Waals surface area contributed by atoms with Crippen molar-refractivity contribution in [2.75, 3.05) is 6.54 Å². The molecule has 0 aliphatic heterocycles. The molecule has 1 saturated carbocycles. The second-order valence-corrected chi connectivity index (χ2v) is 8.55. The summed E-state index contributed by atoms with van der Waals surface area (Å²) in [7, 11) is 0. The zero-order valence-corrected chi connectivity index (χ0v) is 19.6. The average Bonchev–Trinajstić information content (AvgIpc) is 3.52. The maximum absolute atomic E-state index is 12.2. The van der Waals surface area contributed by atoms with Crippen LogP contribution in [0.1, 0.15) is 97.8 Å². The monoisotopic (exact) mass is 416 g/mol. The van der Waals surface area contributed by atoms with Crippen molar-refractivity contribution in [3.63, 3.8) is 0 Å². The molecule has 30 heavy (non-hydrogen) atoms. The lowest BCUT2D eigenvalue weighted by molar-refractivity contribution is -0.133. The normalized spacial score (nSPS) is 14.4. The molecule has 0 bridgehead atoms. The molecule has 1 aliphatic rings. The molecule has 1 N–H and O–H groups in total. The highest BCUT2D eigenvalue weighted by molar-refractivity contribution is 5.76. The highest BCUT2D eigenvalue weighted by Crippen LogP contribution is 2.18. The number of allylic oxidation sites excluding steroid dienone is 6. The van der Waals surface area contributed by atoms with Crippen LogP contribution in [0.5, 0.6) is 0 Å². The van der Waals surface area contributed by atoms with Crippen molar-refractivity contribution in [1.29, 1.82) is 0 Å². The van der Waals surface area contributed by atoms with E-state index >= 15 is 0 Å². The third kappa shape index (κ3) is 14.2. The molecular formula is C26H44N2O2. The van der Waals surface area contributed by atoms with Gasteiger partial charge < -0.3 is 10.2 Å². The summed E-state index contributed by atoms with van der Waals surface area (Å²) in [4.78, 5) is 25.8. The van der Waals surface area contributed by atoms with Gasteiger partial charge in [-0.05, 0) is 71.6 Å². The SMILES string of the molecule is CCCCC(=O)N(CCC/C=C\C/C=C\C/C=C\CCCC(=O)NC1CC1)C(C)C. The second-order valence-electron chi connectivity index (χ2n) is 8.55. The Balaban J connectivity index is 2.00. The summed E-state index contributed by atoms with van der Waals surface area (Å²) in [5.74, 6) is 0.505. The summed E-state index contributed by atoms with van der Waals surface area (Å²) in [6.07, 6.45) is 24.7. The molecule has 0 spiro atoms. The molecule has 2 amide bonds. The van der Waals surface area contributed by atoms with Crippen LogP contribution in [0.3, 0.4) is 0 Å². The van der Waals surface area contributed by atoms with E-state index in [1.807, 2.05) is 4.90 Å². The Labute approximate surface area is 184 Å². The number of carbonyl (C=O) groups is 2. The summed E-state index contributed by atoms with van der Waals surface area (Å²) >= 11 is 0. The molecule has 170 valence electrons. The second kappa shape index (κ2) is 16.9. The Hall–Kier alpha value is -1.84. The number of hydrogen-bond acceptors (Lipinski definition) is 2. The first-order valence-corrected chi connectivity index (χ1v) is 12.1. The highest BCUT2D eigenvalue weighted by Gasteiger charge is 2.22. The maximum atomic E-state index is 12.2. The molecule has 0 aromatic rings. The number of amides is 2. The van der Waals surface area contributed by atoms with Crippen LogP contribution in [0.15, 0.2) is 36.5 Å². The fourth-order valence-electron chi connectivity index (χ4n) is 3.21. The minimum Gasteiger partial charge on any atom is -0.353 e. The van der Waals surface area contributed by atoms with Crippen molar-refractivity contribution < 1.29 is 9.59 Å². The minimum absolute atomic E-state index is 0.206. The van der Waals surface area contributed by atoms with E-state index in [4.69, 9.17) is 0 Å². The fourth-order valence-corrected chi connectivity index (χ4v) is 3.21. The van der Waals surface area contributed by atoms with E-state index < -0.39 is 0 Å². The first kappa shape index (κ1) is 26.2. The largest absolute Gasteiger partial charge is 0.353 e. The molecule has 0 atom stereocenters. The Morgan fingerprint density at radius 1 is 0.900 bits per heavy atom. The highest BCUT2D eigenvalue weighted by atomic mass is 16.2. The van der Waals surface area contributed by atoms with Crippen LogP contribution in [-0.2, 0) is 9.59 Å². The topological polar surface area (TPSA) is 49.4 Å². The Bertz CT molecular complexity index is 559. The molecule has 4 heteroatoms. The van der Waals surface area contributed by atoms with Gasteiger partial charge in [-0.3, -0.25) is 9.59 Å². The molecule has 0 aromatic heterocycles. The van der Waals surface area contributed by atoms with Crippen molar-refractivity contribution in [2.24, 2.45) is 0 Å². The fraction of sp³-hybridized carbons (Fsp3) is 0.692. The molecule has 4 nitrogen and oxygen atoms in total. The maximum Gasteiger partial charge on any atom is 0.222 e. The van der Waals surface area contributed by atoms with Crippen LogP contribution in [-0.4, -0.2) is 35.3 Å². The van der Waals surface area contributed by atoms with E-state index in [0.29, 0.717) is 24.8 Å². The predicted molar refractivity (Wildman–Crippen MR) is 127 cm³/mol. The number of nitrogens with one attached hydrogen (secondary N) is 1. The van der Waals surface area contributed by atoms with Crippen molar-refractivity contribution in [1.82, 2.24) is 10.2 Å². The van der Waals surface area contributed by atoms with Gasteiger partial charge in [-0.2, -0.15) is 0 Å². The van der Waals surface area contributed by atoms with Crippen molar-refractivity contribution in [2.45, 2.75) is 110 Å².